The molecule has 1 saturated heterocycles. The highest BCUT2D eigenvalue weighted by Gasteiger charge is 2.18. The van der Waals surface area contributed by atoms with E-state index >= 15 is 0 Å². The molecule has 188 valence electrons. The zero-order valence-electron chi connectivity index (χ0n) is 19.6. The molecular formula is C25H27N5O5S. The monoisotopic (exact) mass is 509 g/mol. The minimum absolute atomic E-state index is 0.0303. The van der Waals surface area contributed by atoms with Gasteiger partial charge < -0.3 is 19.9 Å². The van der Waals surface area contributed by atoms with Crippen LogP contribution in [0.5, 0.6) is 5.75 Å². The summed E-state index contributed by atoms with van der Waals surface area (Å²) in [5.74, 6) is 0.649. The van der Waals surface area contributed by atoms with Gasteiger partial charge in [0.2, 0.25) is 16.0 Å². The molecule has 0 aliphatic carbocycles. The Morgan fingerprint density at radius 1 is 1.17 bits per heavy atom. The van der Waals surface area contributed by atoms with Gasteiger partial charge in [0.1, 0.15) is 17.9 Å². The summed E-state index contributed by atoms with van der Waals surface area (Å²) in [4.78, 5) is 8.82. The maximum atomic E-state index is 12.1. The normalized spacial score (nSPS) is 14.2. The summed E-state index contributed by atoms with van der Waals surface area (Å²) in [6.45, 7) is 1.01. The molecule has 36 heavy (non-hydrogen) atoms. The van der Waals surface area contributed by atoms with E-state index in [0.29, 0.717) is 47.4 Å². The molecule has 3 aromatic rings. The SMILES string of the molecule is N#Cc1cc(-c2ccnc(Nc3cccc(CS(=O)(=O)NCCO)c3)n2)ccc1OC1CCOCC1. The fraction of sp³-hybridized carbons (Fsp3) is 0.320. The van der Waals surface area contributed by atoms with Gasteiger partial charge in [-0.1, -0.05) is 12.1 Å². The number of hydrogen-bond donors (Lipinski definition) is 3. The van der Waals surface area contributed by atoms with E-state index in [4.69, 9.17) is 14.6 Å². The Kier molecular flexibility index (Phi) is 8.45. The maximum Gasteiger partial charge on any atom is 0.227 e. The lowest BCUT2D eigenvalue weighted by molar-refractivity contribution is 0.0254. The van der Waals surface area contributed by atoms with Crippen LogP contribution in [0.4, 0.5) is 11.6 Å². The van der Waals surface area contributed by atoms with Crippen LogP contribution in [0.3, 0.4) is 0 Å². The molecule has 1 aromatic heterocycles. The maximum absolute atomic E-state index is 12.1. The van der Waals surface area contributed by atoms with Crippen LogP contribution in [0.2, 0.25) is 0 Å². The Balaban J connectivity index is 1.48. The number of sulfonamides is 1. The summed E-state index contributed by atoms with van der Waals surface area (Å²) in [6, 6.07) is 16.2. The first-order valence-corrected chi connectivity index (χ1v) is 13.2. The molecule has 2 heterocycles. The Bertz CT molecular complexity index is 1340. The van der Waals surface area contributed by atoms with Crippen LogP contribution >= 0.6 is 0 Å². The van der Waals surface area contributed by atoms with Crippen LogP contribution < -0.4 is 14.8 Å². The number of ether oxygens (including phenoxy) is 2. The number of anilines is 2. The summed E-state index contributed by atoms with van der Waals surface area (Å²) < 4.78 is 37.9. The van der Waals surface area contributed by atoms with Crippen molar-refractivity contribution < 1.29 is 23.0 Å². The fourth-order valence-electron chi connectivity index (χ4n) is 3.77. The molecule has 1 aliphatic rings. The second kappa shape index (κ2) is 11.9. The van der Waals surface area contributed by atoms with Crippen molar-refractivity contribution in [2.45, 2.75) is 24.7 Å². The van der Waals surface area contributed by atoms with E-state index in [-0.39, 0.29) is 25.0 Å². The molecule has 0 atom stereocenters. The number of nitrogens with zero attached hydrogens (tertiary/aromatic N) is 3. The Labute approximate surface area is 210 Å². The molecule has 10 nitrogen and oxygen atoms in total. The largest absolute Gasteiger partial charge is 0.489 e. The molecule has 0 bridgehead atoms. The Hall–Kier alpha value is -3.56. The van der Waals surface area contributed by atoms with Crippen LogP contribution in [-0.4, -0.2) is 56.0 Å². The summed E-state index contributed by atoms with van der Waals surface area (Å²) >= 11 is 0. The van der Waals surface area contributed by atoms with Gasteiger partial charge in [-0.15, -0.1) is 0 Å². The van der Waals surface area contributed by atoms with Gasteiger partial charge in [-0.25, -0.2) is 23.1 Å². The minimum Gasteiger partial charge on any atom is -0.489 e. The van der Waals surface area contributed by atoms with E-state index in [0.717, 1.165) is 18.4 Å². The molecule has 0 radical (unpaired) electrons. The Morgan fingerprint density at radius 3 is 2.78 bits per heavy atom. The average Bonchev–Trinajstić information content (AvgIpc) is 2.88. The van der Waals surface area contributed by atoms with Gasteiger partial charge in [-0.3, -0.25) is 0 Å². The molecule has 4 rings (SSSR count). The number of aliphatic hydroxyl groups excluding tert-OH is 1. The third-order valence-electron chi connectivity index (χ3n) is 5.49. The number of nitriles is 1. The van der Waals surface area contributed by atoms with Gasteiger partial charge in [-0.05, 0) is 42.0 Å². The van der Waals surface area contributed by atoms with Crippen molar-refractivity contribution in [1.82, 2.24) is 14.7 Å². The molecule has 0 unspecified atom stereocenters. The van der Waals surface area contributed by atoms with Crippen LogP contribution in [0.1, 0.15) is 24.0 Å². The zero-order valence-corrected chi connectivity index (χ0v) is 20.4. The van der Waals surface area contributed by atoms with Crippen molar-refractivity contribution in [1.29, 1.82) is 5.26 Å². The van der Waals surface area contributed by atoms with Crippen molar-refractivity contribution in [3.63, 3.8) is 0 Å². The lowest BCUT2D eigenvalue weighted by Gasteiger charge is -2.23. The predicted octanol–water partition coefficient (Wildman–Crippen LogP) is 2.73. The molecule has 0 spiro atoms. The van der Waals surface area contributed by atoms with Gasteiger partial charge in [0.15, 0.2) is 0 Å². The van der Waals surface area contributed by atoms with Gasteiger partial charge in [0.25, 0.3) is 0 Å². The minimum atomic E-state index is -3.56. The molecule has 1 fully saturated rings. The van der Waals surface area contributed by atoms with E-state index in [1.54, 1.807) is 48.7 Å². The summed E-state index contributed by atoms with van der Waals surface area (Å²) in [6.07, 6.45) is 3.22. The highest BCUT2D eigenvalue weighted by Crippen LogP contribution is 2.28. The molecular weight excluding hydrogens is 482 g/mol. The predicted molar refractivity (Wildman–Crippen MR) is 134 cm³/mol. The topological polar surface area (TPSA) is 146 Å². The van der Waals surface area contributed by atoms with E-state index in [2.05, 4.69) is 26.1 Å². The van der Waals surface area contributed by atoms with Crippen LogP contribution in [0.25, 0.3) is 11.3 Å². The Morgan fingerprint density at radius 2 is 2.00 bits per heavy atom. The first-order chi connectivity index (χ1) is 17.5. The quantitative estimate of drug-likeness (QED) is 0.375. The molecule has 11 heteroatoms. The van der Waals surface area contributed by atoms with Crippen molar-refractivity contribution >= 4 is 21.7 Å². The molecule has 2 aromatic carbocycles. The van der Waals surface area contributed by atoms with E-state index in [1.165, 1.54) is 0 Å². The molecule has 3 N–H and O–H groups in total. The zero-order chi connectivity index (χ0) is 25.4. The second-order valence-corrected chi connectivity index (χ2v) is 10.0. The number of aliphatic hydroxyl groups is 1. The standard InChI is InChI=1S/C25H27N5O5S/c26-16-20-15-19(4-5-24(20)35-22-7-12-34-13-8-22)23-6-9-27-25(30-23)29-21-3-1-2-18(14-21)17-36(32,33)28-10-11-31/h1-6,9,14-15,22,28,31H,7-8,10-13,17H2,(H,27,29,30). The summed E-state index contributed by atoms with van der Waals surface area (Å²) in [5.41, 5.74) is 2.98. The molecule has 1 aliphatic heterocycles. The number of hydrogen-bond acceptors (Lipinski definition) is 9. The van der Waals surface area contributed by atoms with E-state index in [1.807, 2.05) is 6.07 Å². The fourth-order valence-corrected chi connectivity index (χ4v) is 4.89. The third-order valence-corrected chi connectivity index (χ3v) is 6.84. The van der Waals surface area contributed by atoms with Gasteiger partial charge >= 0.3 is 0 Å². The van der Waals surface area contributed by atoms with Crippen molar-refractivity contribution in [3.8, 4) is 23.1 Å². The first-order valence-electron chi connectivity index (χ1n) is 11.5. The van der Waals surface area contributed by atoms with Gasteiger partial charge in [-0.2, -0.15) is 5.26 Å². The number of aromatic nitrogens is 2. The summed E-state index contributed by atoms with van der Waals surface area (Å²) in [5, 5.41) is 21.6. The molecule has 0 amide bonds. The summed E-state index contributed by atoms with van der Waals surface area (Å²) in [7, 11) is -3.56. The van der Waals surface area contributed by atoms with Crippen molar-refractivity contribution in [2.24, 2.45) is 0 Å². The number of nitrogens with one attached hydrogen (secondary N) is 2. The van der Waals surface area contributed by atoms with Crippen LogP contribution in [0, 0.1) is 11.3 Å². The highest BCUT2D eigenvalue weighted by atomic mass is 32.2. The van der Waals surface area contributed by atoms with Crippen LogP contribution in [0.15, 0.2) is 54.7 Å². The lowest BCUT2D eigenvalue weighted by Crippen LogP contribution is -2.27. The number of rotatable bonds is 10. The van der Waals surface area contributed by atoms with Crippen LogP contribution in [-0.2, 0) is 20.5 Å². The third kappa shape index (κ3) is 6.99. The molecule has 0 saturated carbocycles. The van der Waals surface area contributed by atoms with Crippen molar-refractivity contribution in [2.75, 3.05) is 31.7 Å². The smallest absolute Gasteiger partial charge is 0.227 e. The lowest BCUT2D eigenvalue weighted by atomic mass is 10.1. The highest BCUT2D eigenvalue weighted by molar-refractivity contribution is 7.88. The average molecular weight is 510 g/mol. The van der Waals surface area contributed by atoms with Crippen molar-refractivity contribution in [3.05, 3.63) is 65.9 Å². The van der Waals surface area contributed by atoms with E-state index in [9.17, 15) is 13.7 Å². The van der Waals surface area contributed by atoms with Gasteiger partial charge in [0.05, 0.1) is 36.8 Å². The van der Waals surface area contributed by atoms with Gasteiger partial charge in [0, 0.05) is 36.8 Å². The first kappa shape index (κ1) is 25.5. The van der Waals surface area contributed by atoms with E-state index < -0.39 is 10.0 Å². The number of benzene rings is 2. The second-order valence-electron chi connectivity index (χ2n) is 8.22.